The number of carboxylic acid groups (broad SMARTS) is 2. The lowest BCUT2D eigenvalue weighted by Gasteiger charge is -2.52. The molecular weight excluding hydrogens is 332 g/mol. The smallest absolute Gasteiger partial charge is 0.481 e. The number of aliphatic carboxylic acids is 1. The molecule has 1 saturated heterocycles. The minimum Gasteiger partial charge on any atom is -0.481 e. The number of hydrogen-bond acceptors (Lipinski definition) is 2. The van der Waals surface area contributed by atoms with Crippen molar-refractivity contribution in [2.45, 2.75) is 45.6 Å². The lowest BCUT2D eigenvalue weighted by Crippen LogP contribution is -2.69. The Balaban J connectivity index is 2.64. The van der Waals surface area contributed by atoms with Gasteiger partial charge in [0, 0.05) is 12.5 Å². The Labute approximate surface area is 145 Å². The normalized spacial score (nSPS) is 30.1. The average molecular weight is 356 g/mol. The number of benzene rings is 1. The van der Waals surface area contributed by atoms with Gasteiger partial charge in [0.1, 0.15) is 17.2 Å². The van der Waals surface area contributed by atoms with Crippen LogP contribution in [0, 0.1) is 17.0 Å². The van der Waals surface area contributed by atoms with Crippen molar-refractivity contribution in [3.63, 3.8) is 0 Å². The van der Waals surface area contributed by atoms with Crippen molar-refractivity contribution in [2.75, 3.05) is 13.1 Å². The van der Waals surface area contributed by atoms with Crippen LogP contribution in [0.5, 0.6) is 0 Å². The van der Waals surface area contributed by atoms with Crippen LogP contribution < -0.4 is 0 Å². The van der Waals surface area contributed by atoms with Crippen molar-refractivity contribution in [2.24, 2.45) is 5.41 Å². The first kappa shape index (κ1) is 19.3. The highest BCUT2D eigenvalue weighted by Crippen LogP contribution is 2.48. The Kier molecular flexibility index (Phi) is 4.67. The van der Waals surface area contributed by atoms with Crippen LogP contribution in [0.1, 0.15) is 45.6 Å². The molecule has 1 aromatic carbocycles. The van der Waals surface area contributed by atoms with E-state index in [9.17, 15) is 28.6 Å². The summed E-state index contributed by atoms with van der Waals surface area (Å²) in [5.74, 6) is -3.62. The first-order valence-electron chi connectivity index (χ1n) is 8.14. The number of nitrogens with zero attached hydrogens (tertiary/aromatic N) is 1. The molecule has 1 fully saturated rings. The zero-order chi connectivity index (χ0) is 19.2. The standard InChI is InChI=1S/C18H23F2NO4/c1-17(2,3)21(16(24)25)8-7-18(4,15(22)23)13(10-21)12-6-5-11(19)9-14(12)20/h5-6,9,13H,7-8,10H2,1-4H3,(H-,22,23,24,25)/p+1/t13-,18+,21?/m0/s1. The summed E-state index contributed by atoms with van der Waals surface area (Å²) < 4.78 is 27.3. The Hall–Kier alpha value is -2.02. The molecule has 25 heavy (non-hydrogen) atoms. The molecule has 0 spiro atoms. The van der Waals surface area contributed by atoms with Crippen LogP contribution in [0.2, 0.25) is 0 Å². The number of rotatable bonds is 2. The summed E-state index contributed by atoms with van der Waals surface area (Å²) in [4.78, 5) is 24.0. The summed E-state index contributed by atoms with van der Waals surface area (Å²) in [6.45, 7) is 6.85. The van der Waals surface area contributed by atoms with E-state index in [-0.39, 0.29) is 29.6 Å². The van der Waals surface area contributed by atoms with E-state index in [0.717, 1.165) is 6.07 Å². The van der Waals surface area contributed by atoms with Gasteiger partial charge in [-0.05, 0) is 39.3 Å². The molecule has 2 rings (SSSR count). The van der Waals surface area contributed by atoms with Crippen molar-refractivity contribution in [1.29, 1.82) is 0 Å². The van der Waals surface area contributed by atoms with Gasteiger partial charge in [0.2, 0.25) is 0 Å². The van der Waals surface area contributed by atoms with Crippen molar-refractivity contribution in [1.82, 2.24) is 0 Å². The van der Waals surface area contributed by atoms with E-state index in [2.05, 4.69) is 0 Å². The van der Waals surface area contributed by atoms with E-state index < -0.39 is 40.6 Å². The van der Waals surface area contributed by atoms with E-state index in [0.29, 0.717) is 6.07 Å². The van der Waals surface area contributed by atoms with Crippen LogP contribution in [-0.4, -0.2) is 45.4 Å². The van der Waals surface area contributed by atoms with Gasteiger partial charge in [0.15, 0.2) is 0 Å². The third kappa shape index (κ3) is 3.01. The molecule has 2 N–H and O–H groups in total. The van der Waals surface area contributed by atoms with Crippen LogP contribution in [-0.2, 0) is 4.79 Å². The minimum absolute atomic E-state index is 0.0407. The Morgan fingerprint density at radius 1 is 1.24 bits per heavy atom. The number of carbonyl (C=O) groups is 2. The van der Waals surface area contributed by atoms with Crippen LogP contribution in [0.15, 0.2) is 18.2 Å². The van der Waals surface area contributed by atoms with Gasteiger partial charge in [-0.15, -0.1) is 0 Å². The van der Waals surface area contributed by atoms with Gasteiger partial charge in [-0.2, -0.15) is 4.79 Å². The lowest BCUT2D eigenvalue weighted by atomic mass is 9.67. The highest BCUT2D eigenvalue weighted by atomic mass is 19.1. The number of quaternary nitrogens is 1. The number of likely N-dealkylation sites (tertiary alicyclic amines) is 1. The lowest BCUT2D eigenvalue weighted by molar-refractivity contribution is -0.911. The summed E-state index contributed by atoms with van der Waals surface area (Å²) in [6.07, 6.45) is -1.000. The molecule has 0 bridgehead atoms. The average Bonchev–Trinajstić information content (AvgIpc) is 2.46. The molecule has 1 amide bonds. The Bertz CT molecular complexity index is 716. The molecule has 1 aliphatic rings. The zero-order valence-corrected chi connectivity index (χ0v) is 14.8. The van der Waals surface area contributed by atoms with Gasteiger partial charge in [-0.3, -0.25) is 4.79 Å². The van der Waals surface area contributed by atoms with Crippen LogP contribution in [0.4, 0.5) is 13.6 Å². The predicted octanol–water partition coefficient (Wildman–Crippen LogP) is 3.84. The first-order valence-corrected chi connectivity index (χ1v) is 8.14. The Morgan fingerprint density at radius 3 is 2.28 bits per heavy atom. The predicted molar refractivity (Wildman–Crippen MR) is 87.2 cm³/mol. The second kappa shape index (κ2) is 6.05. The highest BCUT2D eigenvalue weighted by Gasteiger charge is 2.59. The van der Waals surface area contributed by atoms with E-state index in [1.165, 1.54) is 13.0 Å². The fraction of sp³-hybridized carbons (Fsp3) is 0.556. The van der Waals surface area contributed by atoms with Gasteiger partial charge < -0.3 is 10.2 Å². The topological polar surface area (TPSA) is 74.6 Å². The summed E-state index contributed by atoms with van der Waals surface area (Å²) >= 11 is 0. The second-order valence-electron chi connectivity index (χ2n) is 8.02. The van der Waals surface area contributed by atoms with Crippen molar-refractivity contribution in [3.05, 3.63) is 35.4 Å². The second-order valence-corrected chi connectivity index (χ2v) is 8.02. The Morgan fingerprint density at radius 2 is 1.84 bits per heavy atom. The van der Waals surface area contributed by atoms with Gasteiger partial charge in [-0.25, -0.2) is 13.3 Å². The monoisotopic (exact) mass is 356 g/mol. The SMILES string of the molecule is CC(C)(C)[N+]1(C(=O)O)CC[C@@](C)(C(=O)O)[C@H](c2ccc(F)cc2F)C1. The molecule has 1 aliphatic heterocycles. The quantitative estimate of drug-likeness (QED) is 0.790. The molecule has 5 nitrogen and oxygen atoms in total. The number of carboxylic acids is 1. The van der Waals surface area contributed by atoms with Gasteiger partial charge in [-0.1, -0.05) is 6.07 Å². The fourth-order valence-corrected chi connectivity index (χ4v) is 3.75. The summed E-state index contributed by atoms with van der Waals surface area (Å²) in [5, 5.41) is 19.6. The summed E-state index contributed by atoms with van der Waals surface area (Å²) in [7, 11) is 0. The molecule has 0 aliphatic carbocycles. The maximum absolute atomic E-state index is 14.4. The van der Waals surface area contributed by atoms with Crippen LogP contribution in [0.25, 0.3) is 0 Å². The highest BCUT2D eigenvalue weighted by molar-refractivity contribution is 5.76. The summed E-state index contributed by atoms with van der Waals surface area (Å²) in [6, 6.07) is 3.00. The minimum atomic E-state index is -1.33. The van der Waals surface area contributed by atoms with Crippen LogP contribution in [0.3, 0.4) is 0 Å². The fourth-order valence-electron chi connectivity index (χ4n) is 3.75. The largest absolute Gasteiger partial charge is 0.514 e. The molecule has 1 unspecified atom stereocenters. The number of amides is 1. The van der Waals surface area contributed by atoms with Gasteiger partial charge in [0.05, 0.1) is 24.4 Å². The third-order valence-corrected chi connectivity index (χ3v) is 5.75. The van der Waals surface area contributed by atoms with E-state index >= 15 is 0 Å². The molecule has 1 heterocycles. The van der Waals surface area contributed by atoms with Crippen molar-refractivity contribution in [3.8, 4) is 0 Å². The van der Waals surface area contributed by atoms with E-state index in [1.807, 2.05) is 0 Å². The number of hydrogen-bond donors (Lipinski definition) is 2. The maximum Gasteiger partial charge on any atom is 0.514 e. The number of halogens is 2. The number of piperidine rings is 1. The van der Waals surface area contributed by atoms with Gasteiger partial charge >= 0.3 is 12.1 Å². The molecule has 138 valence electrons. The first-order chi connectivity index (χ1) is 11.3. The molecule has 7 heteroatoms. The summed E-state index contributed by atoms with van der Waals surface area (Å²) in [5.41, 5.74) is -2.00. The van der Waals surface area contributed by atoms with Crippen molar-refractivity contribution >= 4 is 12.1 Å². The van der Waals surface area contributed by atoms with Crippen molar-refractivity contribution < 1.29 is 33.1 Å². The molecule has 0 radical (unpaired) electrons. The zero-order valence-electron chi connectivity index (χ0n) is 14.8. The molecule has 1 aromatic rings. The molecule has 3 atom stereocenters. The van der Waals surface area contributed by atoms with Crippen LogP contribution >= 0.6 is 0 Å². The molecule has 0 saturated carbocycles. The van der Waals surface area contributed by atoms with E-state index in [1.54, 1.807) is 20.8 Å². The molecule has 0 aromatic heterocycles. The molecular formula is C18H24F2NO4+. The maximum atomic E-state index is 14.4. The van der Waals surface area contributed by atoms with Gasteiger partial charge in [0.25, 0.3) is 0 Å². The third-order valence-electron chi connectivity index (χ3n) is 5.75. The van der Waals surface area contributed by atoms with E-state index in [4.69, 9.17) is 0 Å².